The first kappa shape index (κ1) is 11.3. The molecule has 0 aromatic heterocycles. The second-order valence-electron chi connectivity index (χ2n) is 3.24. The van der Waals surface area contributed by atoms with Crippen LogP contribution in [0, 0.1) is 0 Å². The molecule has 1 heterocycles. The predicted octanol–water partition coefficient (Wildman–Crippen LogP) is -0.670. The highest BCUT2D eigenvalue weighted by Gasteiger charge is 2.33. The molecule has 1 atom stereocenters. The van der Waals surface area contributed by atoms with Crippen LogP contribution >= 0.6 is 0 Å². The van der Waals surface area contributed by atoms with Gasteiger partial charge in [-0.15, -0.1) is 0 Å². The lowest BCUT2D eigenvalue weighted by atomic mass is 10.2. The third kappa shape index (κ3) is 2.83. The summed E-state index contributed by atoms with van der Waals surface area (Å²) in [5.41, 5.74) is 0. The van der Waals surface area contributed by atoms with Crippen LogP contribution in [0.3, 0.4) is 0 Å². The Hall–Kier alpha value is -1.79. The molecule has 7 nitrogen and oxygen atoms in total. The lowest BCUT2D eigenvalue weighted by Gasteiger charge is -2.21. The highest BCUT2D eigenvalue weighted by atomic mass is 16.4. The van der Waals surface area contributed by atoms with E-state index in [0.29, 0.717) is 19.4 Å². The van der Waals surface area contributed by atoms with E-state index in [2.05, 4.69) is 0 Å². The van der Waals surface area contributed by atoms with Crippen LogP contribution in [0.25, 0.3) is 0 Å². The van der Waals surface area contributed by atoms with Gasteiger partial charge >= 0.3 is 12.1 Å². The number of aliphatic carboxylic acids is 1. The van der Waals surface area contributed by atoms with Crippen LogP contribution in [0.2, 0.25) is 0 Å². The fourth-order valence-electron chi connectivity index (χ4n) is 1.57. The molecule has 15 heavy (non-hydrogen) atoms. The smallest absolute Gasteiger partial charge is 0.405 e. The van der Waals surface area contributed by atoms with E-state index < -0.39 is 24.0 Å². The summed E-state index contributed by atoms with van der Waals surface area (Å²) in [6.07, 6.45) is -0.237. The fourth-order valence-corrected chi connectivity index (χ4v) is 1.57. The van der Waals surface area contributed by atoms with Crippen molar-refractivity contribution in [2.24, 2.45) is 0 Å². The molecule has 0 saturated carbocycles. The Balaban J connectivity index is 2.51. The monoisotopic (exact) mass is 216 g/mol. The average Bonchev–Trinajstić information content (AvgIpc) is 2.62. The van der Waals surface area contributed by atoms with Crippen molar-refractivity contribution in [2.75, 3.05) is 13.1 Å². The number of carbonyl (C=O) groups excluding carboxylic acids is 1. The molecule has 7 heteroatoms. The zero-order valence-electron chi connectivity index (χ0n) is 7.97. The molecule has 3 N–H and O–H groups in total. The summed E-state index contributed by atoms with van der Waals surface area (Å²) in [6, 6.07) is -0.812. The second-order valence-corrected chi connectivity index (χ2v) is 3.24. The van der Waals surface area contributed by atoms with E-state index in [-0.39, 0.29) is 6.54 Å². The van der Waals surface area contributed by atoms with Gasteiger partial charge in [0.1, 0.15) is 12.6 Å². The zero-order valence-corrected chi connectivity index (χ0v) is 7.97. The molecule has 1 saturated heterocycles. The summed E-state index contributed by atoms with van der Waals surface area (Å²) in [5, 5.41) is 19.0. The van der Waals surface area contributed by atoms with Crippen LogP contribution < -0.4 is 5.32 Å². The van der Waals surface area contributed by atoms with Crippen molar-refractivity contribution in [2.45, 2.75) is 18.9 Å². The third-order valence-corrected chi connectivity index (χ3v) is 2.25. The number of likely N-dealkylation sites (tertiary alicyclic amines) is 1. The minimum atomic E-state index is -1.30. The number of carboxylic acids is 1. The Morgan fingerprint density at radius 3 is 2.53 bits per heavy atom. The maximum atomic E-state index is 11.4. The maximum absolute atomic E-state index is 11.4. The van der Waals surface area contributed by atoms with Crippen LogP contribution in [0.4, 0.5) is 4.79 Å². The third-order valence-electron chi connectivity index (χ3n) is 2.25. The van der Waals surface area contributed by atoms with Gasteiger partial charge in [-0.3, -0.25) is 4.79 Å². The molecule has 1 aliphatic rings. The molecule has 0 aromatic rings. The van der Waals surface area contributed by atoms with Crippen molar-refractivity contribution in [3.63, 3.8) is 0 Å². The minimum absolute atomic E-state index is 0.372. The molecule has 2 amide bonds. The van der Waals surface area contributed by atoms with Gasteiger partial charge in [-0.05, 0) is 12.8 Å². The van der Waals surface area contributed by atoms with Crippen LogP contribution in [0.5, 0.6) is 0 Å². The molecule has 0 spiro atoms. The van der Waals surface area contributed by atoms with Gasteiger partial charge in [-0.25, -0.2) is 9.59 Å². The Kier molecular flexibility index (Phi) is 3.48. The van der Waals surface area contributed by atoms with E-state index in [0.717, 1.165) is 0 Å². The maximum Gasteiger partial charge on any atom is 0.405 e. The molecule has 0 bridgehead atoms. The van der Waals surface area contributed by atoms with Crippen molar-refractivity contribution in [1.82, 2.24) is 10.2 Å². The van der Waals surface area contributed by atoms with Gasteiger partial charge in [0, 0.05) is 6.54 Å². The summed E-state index contributed by atoms with van der Waals surface area (Å²) in [7, 11) is 0. The van der Waals surface area contributed by atoms with Crippen LogP contribution in [-0.2, 0) is 9.59 Å². The van der Waals surface area contributed by atoms with E-state index in [1.807, 2.05) is 5.32 Å². The zero-order chi connectivity index (χ0) is 11.4. The number of carbonyl (C=O) groups is 3. The molecule has 0 radical (unpaired) electrons. The molecule has 1 rings (SSSR count). The van der Waals surface area contributed by atoms with Crippen molar-refractivity contribution in [3.05, 3.63) is 0 Å². The number of nitrogens with one attached hydrogen (secondary N) is 1. The summed E-state index contributed by atoms with van der Waals surface area (Å²) < 4.78 is 0. The van der Waals surface area contributed by atoms with Gasteiger partial charge < -0.3 is 20.4 Å². The average molecular weight is 216 g/mol. The molecule has 1 unspecified atom stereocenters. The normalized spacial score (nSPS) is 20.0. The first-order chi connectivity index (χ1) is 7.02. The van der Waals surface area contributed by atoms with Gasteiger partial charge in [-0.1, -0.05) is 0 Å². The standard InChI is InChI=1S/C8H12N2O5/c11-6(4-9-8(14)15)10-3-1-2-5(10)7(12)13/h5,9H,1-4H2,(H,12,13)(H,14,15). The van der Waals surface area contributed by atoms with E-state index >= 15 is 0 Å². The van der Waals surface area contributed by atoms with E-state index in [4.69, 9.17) is 10.2 Å². The van der Waals surface area contributed by atoms with E-state index in [9.17, 15) is 14.4 Å². The number of rotatable bonds is 3. The quantitative estimate of drug-likeness (QED) is 0.580. The minimum Gasteiger partial charge on any atom is -0.480 e. The molecule has 0 aliphatic carbocycles. The lowest BCUT2D eigenvalue weighted by molar-refractivity contribution is -0.147. The van der Waals surface area contributed by atoms with Gasteiger partial charge in [0.05, 0.1) is 0 Å². The Morgan fingerprint density at radius 1 is 1.33 bits per heavy atom. The van der Waals surface area contributed by atoms with Crippen molar-refractivity contribution in [1.29, 1.82) is 0 Å². The first-order valence-corrected chi connectivity index (χ1v) is 4.51. The molecule has 0 aromatic carbocycles. The summed E-state index contributed by atoms with van der Waals surface area (Å²) in [4.78, 5) is 33.5. The number of amides is 2. The summed E-state index contributed by atoms with van der Waals surface area (Å²) >= 11 is 0. The number of carboxylic acid groups (broad SMARTS) is 2. The number of hydrogen-bond donors (Lipinski definition) is 3. The van der Waals surface area contributed by atoms with Gasteiger partial charge in [0.2, 0.25) is 5.91 Å². The predicted molar refractivity (Wildman–Crippen MR) is 48.4 cm³/mol. The van der Waals surface area contributed by atoms with Crippen molar-refractivity contribution < 1.29 is 24.6 Å². The fraction of sp³-hybridized carbons (Fsp3) is 0.625. The first-order valence-electron chi connectivity index (χ1n) is 4.51. The molecular formula is C8H12N2O5. The second kappa shape index (κ2) is 4.63. The van der Waals surface area contributed by atoms with Gasteiger partial charge in [0.15, 0.2) is 0 Å². The number of nitrogens with zero attached hydrogens (tertiary/aromatic N) is 1. The van der Waals surface area contributed by atoms with Crippen molar-refractivity contribution >= 4 is 18.0 Å². The summed E-state index contributed by atoms with van der Waals surface area (Å²) in [6.45, 7) is -0.00376. The van der Waals surface area contributed by atoms with E-state index in [1.165, 1.54) is 4.90 Å². The molecular weight excluding hydrogens is 204 g/mol. The Morgan fingerprint density at radius 2 is 2.00 bits per heavy atom. The summed E-state index contributed by atoms with van der Waals surface area (Å²) in [5.74, 6) is -1.54. The molecule has 84 valence electrons. The van der Waals surface area contributed by atoms with Crippen molar-refractivity contribution in [3.8, 4) is 0 Å². The Labute approximate surface area is 85.7 Å². The molecule has 1 fully saturated rings. The van der Waals surface area contributed by atoms with Gasteiger partial charge in [0.25, 0.3) is 0 Å². The Bertz CT molecular complexity index is 291. The highest BCUT2D eigenvalue weighted by Crippen LogP contribution is 2.16. The SMILES string of the molecule is O=C(O)NCC(=O)N1CCCC1C(=O)O. The van der Waals surface area contributed by atoms with Crippen LogP contribution in [-0.4, -0.2) is 52.2 Å². The molecule has 1 aliphatic heterocycles. The lowest BCUT2D eigenvalue weighted by Crippen LogP contribution is -2.45. The highest BCUT2D eigenvalue weighted by molar-refractivity contribution is 5.87. The van der Waals surface area contributed by atoms with Crippen LogP contribution in [0.1, 0.15) is 12.8 Å². The van der Waals surface area contributed by atoms with Crippen LogP contribution in [0.15, 0.2) is 0 Å². The largest absolute Gasteiger partial charge is 0.480 e. The van der Waals surface area contributed by atoms with Gasteiger partial charge in [-0.2, -0.15) is 0 Å². The van der Waals surface area contributed by atoms with E-state index in [1.54, 1.807) is 0 Å². The topological polar surface area (TPSA) is 107 Å². The number of hydrogen-bond acceptors (Lipinski definition) is 3.